The second kappa shape index (κ2) is 6.53. The number of anilines is 1. The van der Waals surface area contributed by atoms with Gasteiger partial charge in [-0.05, 0) is 19.1 Å². The molecule has 0 aliphatic rings. The van der Waals surface area contributed by atoms with Crippen LogP contribution >= 0.6 is 0 Å². The van der Waals surface area contributed by atoms with E-state index < -0.39 is 17.7 Å². The summed E-state index contributed by atoms with van der Waals surface area (Å²) in [4.78, 5) is 13.0. The van der Waals surface area contributed by atoms with Crippen molar-refractivity contribution >= 4 is 17.6 Å². The second-order valence-corrected chi connectivity index (χ2v) is 3.66. The molecule has 1 aromatic rings. The number of rotatable bonds is 4. The number of urea groups is 1. The van der Waals surface area contributed by atoms with Gasteiger partial charge in [0.15, 0.2) is 5.84 Å². The normalized spacial score (nSPS) is 11.2. The van der Waals surface area contributed by atoms with Gasteiger partial charge in [-0.25, -0.2) is 13.6 Å². The number of carbonyl (C=O) groups is 1. The molecule has 4 N–H and O–H groups in total. The lowest BCUT2D eigenvalue weighted by Gasteiger charge is -2.20. The first kappa shape index (κ1) is 14.7. The Kier molecular flexibility index (Phi) is 5.04. The van der Waals surface area contributed by atoms with E-state index in [1.54, 1.807) is 6.92 Å². The first-order valence-electron chi connectivity index (χ1n) is 5.45. The Bertz CT molecular complexity index is 494. The molecular formula is C11H14F2N4O2. The number of hydrogen-bond acceptors (Lipinski definition) is 3. The monoisotopic (exact) mass is 272 g/mol. The predicted octanol–water partition coefficient (Wildman–Crippen LogP) is 1.56. The lowest BCUT2D eigenvalue weighted by Crippen LogP contribution is -2.41. The summed E-state index contributed by atoms with van der Waals surface area (Å²) in [5.41, 5.74) is 5.14. The van der Waals surface area contributed by atoms with Gasteiger partial charge in [0.25, 0.3) is 0 Å². The number of oxime groups is 1. The molecule has 0 saturated heterocycles. The molecule has 19 heavy (non-hydrogen) atoms. The van der Waals surface area contributed by atoms with Crippen molar-refractivity contribution in [2.75, 3.05) is 18.4 Å². The molecule has 0 aromatic heterocycles. The van der Waals surface area contributed by atoms with Gasteiger partial charge in [0.1, 0.15) is 11.6 Å². The van der Waals surface area contributed by atoms with Gasteiger partial charge >= 0.3 is 6.03 Å². The molecule has 104 valence electrons. The number of nitrogens with zero attached hydrogens (tertiary/aromatic N) is 2. The van der Waals surface area contributed by atoms with Crippen LogP contribution in [0, 0.1) is 11.6 Å². The summed E-state index contributed by atoms with van der Waals surface area (Å²) in [5.74, 6) is -1.77. The SMILES string of the molecule is CCN(CC(N)=NO)C(=O)Nc1ccc(F)cc1F. The van der Waals surface area contributed by atoms with Crippen LogP contribution < -0.4 is 11.1 Å². The van der Waals surface area contributed by atoms with E-state index in [1.807, 2.05) is 0 Å². The van der Waals surface area contributed by atoms with E-state index >= 15 is 0 Å². The van der Waals surface area contributed by atoms with Crippen LogP contribution in [0.1, 0.15) is 6.92 Å². The molecule has 8 heteroatoms. The van der Waals surface area contributed by atoms with Crippen LogP contribution in [0.5, 0.6) is 0 Å². The number of nitrogens with two attached hydrogens (primary N) is 1. The summed E-state index contributed by atoms with van der Waals surface area (Å²) < 4.78 is 26.0. The van der Waals surface area contributed by atoms with E-state index in [0.717, 1.165) is 12.1 Å². The summed E-state index contributed by atoms with van der Waals surface area (Å²) in [7, 11) is 0. The van der Waals surface area contributed by atoms with Crippen molar-refractivity contribution in [3.05, 3.63) is 29.8 Å². The van der Waals surface area contributed by atoms with Gasteiger partial charge in [-0.15, -0.1) is 0 Å². The molecule has 0 aliphatic heterocycles. The Morgan fingerprint density at radius 3 is 2.74 bits per heavy atom. The van der Waals surface area contributed by atoms with Crippen LogP contribution in [-0.2, 0) is 0 Å². The highest BCUT2D eigenvalue weighted by molar-refractivity contribution is 5.93. The lowest BCUT2D eigenvalue weighted by molar-refractivity contribution is 0.220. The maximum absolute atomic E-state index is 13.3. The molecule has 6 nitrogen and oxygen atoms in total. The van der Waals surface area contributed by atoms with Crippen LogP contribution in [0.2, 0.25) is 0 Å². The minimum Gasteiger partial charge on any atom is -0.409 e. The number of amidine groups is 1. The molecule has 0 heterocycles. The molecule has 0 fully saturated rings. The number of likely N-dealkylation sites (N-methyl/N-ethyl adjacent to an activating group) is 1. The zero-order valence-electron chi connectivity index (χ0n) is 10.2. The van der Waals surface area contributed by atoms with Crippen LogP contribution in [0.15, 0.2) is 23.4 Å². The largest absolute Gasteiger partial charge is 0.409 e. The third kappa shape index (κ3) is 4.09. The Labute approximate surface area is 108 Å². The molecule has 1 aromatic carbocycles. The molecule has 0 unspecified atom stereocenters. The molecular weight excluding hydrogens is 258 g/mol. The van der Waals surface area contributed by atoms with Crippen molar-refractivity contribution in [3.63, 3.8) is 0 Å². The summed E-state index contributed by atoms with van der Waals surface area (Å²) in [6, 6.07) is 2.16. The predicted molar refractivity (Wildman–Crippen MR) is 66.0 cm³/mol. The number of benzene rings is 1. The zero-order chi connectivity index (χ0) is 14.4. The minimum atomic E-state index is -0.881. The van der Waals surface area contributed by atoms with Gasteiger partial charge in [-0.1, -0.05) is 5.16 Å². The topological polar surface area (TPSA) is 90.9 Å². The molecule has 0 spiro atoms. The number of amides is 2. The highest BCUT2D eigenvalue weighted by atomic mass is 19.1. The van der Waals surface area contributed by atoms with Crippen LogP contribution in [0.4, 0.5) is 19.3 Å². The smallest absolute Gasteiger partial charge is 0.322 e. The number of hydrogen-bond donors (Lipinski definition) is 3. The third-order valence-corrected chi connectivity index (χ3v) is 2.32. The average molecular weight is 272 g/mol. The summed E-state index contributed by atoms with van der Waals surface area (Å²) in [6.07, 6.45) is 0. The first-order chi connectivity index (χ1) is 8.97. The molecule has 2 amide bonds. The summed E-state index contributed by atoms with van der Waals surface area (Å²) in [5, 5.41) is 13.4. The fourth-order valence-corrected chi connectivity index (χ4v) is 1.34. The fraction of sp³-hybridized carbons (Fsp3) is 0.273. The standard InChI is InChI=1S/C11H14F2N4O2/c1-2-17(6-10(14)16-19)11(18)15-9-4-3-7(12)5-8(9)13/h3-5,19H,2,6H2,1H3,(H2,14,16)(H,15,18). The molecule has 0 atom stereocenters. The van der Waals surface area contributed by atoms with Gasteiger partial charge in [0.05, 0.1) is 12.2 Å². The Morgan fingerprint density at radius 1 is 1.53 bits per heavy atom. The van der Waals surface area contributed by atoms with E-state index in [2.05, 4.69) is 10.5 Å². The van der Waals surface area contributed by atoms with E-state index in [9.17, 15) is 13.6 Å². The summed E-state index contributed by atoms with van der Waals surface area (Å²) >= 11 is 0. The van der Waals surface area contributed by atoms with E-state index in [0.29, 0.717) is 6.07 Å². The van der Waals surface area contributed by atoms with Gasteiger partial charge in [0.2, 0.25) is 0 Å². The maximum Gasteiger partial charge on any atom is 0.322 e. The number of carbonyl (C=O) groups excluding carboxylic acids is 1. The number of halogens is 2. The third-order valence-electron chi connectivity index (χ3n) is 2.32. The Hall–Kier alpha value is -2.38. The van der Waals surface area contributed by atoms with Gasteiger partial charge in [-0.3, -0.25) is 0 Å². The quantitative estimate of drug-likeness (QED) is 0.336. The van der Waals surface area contributed by atoms with E-state index in [1.165, 1.54) is 4.90 Å². The second-order valence-electron chi connectivity index (χ2n) is 3.66. The summed E-state index contributed by atoms with van der Waals surface area (Å²) in [6.45, 7) is 1.83. The first-order valence-corrected chi connectivity index (χ1v) is 5.45. The molecule has 0 aliphatic carbocycles. The Morgan fingerprint density at radius 2 is 2.21 bits per heavy atom. The van der Waals surface area contributed by atoms with E-state index in [-0.39, 0.29) is 24.6 Å². The van der Waals surface area contributed by atoms with E-state index in [4.69, 9.17) is 10.9 Å². The Balaban J connectivity index is 2.77. The maximum atomic E-state index is 13.3. The highest BCUT2D eigenvalue weighted by Crippen LogP contribution is 2.15. The lowest BCUT2D eigenvalue weighted by atomic mass is 10.3. The van der Waals surface area contributed by atoms with Crippen molar-refractivity contribution < 1.29 is 18.8 Å². The van der Waals surface area contributed by atoms with Crippen LogP contribution in [0.25, 0.3) is 0 Å². The number of nitrogens with one attached hydrogen (secondary N) is 1. The van der Waals surface area contributed by atoms with Crippen molar-refractivity contribution in [1.29, 1.82) is 0 Å². The van der Waals surface area contributed by atoms with Gasteiger partial charge < -0.3 is 21.2 Å². The average Bonchev–Trinajstić information content (AvgIpc) is 2.38. The highest BCUT2D eigenvalue weighted by Gasteiger charge is 2.15. The van der Waals surface area contributed by atoms with Crippen LogP contribution in [0.3, 0.4) is 0 Å². The zero-order valence-corrected chi connectivity index (χ0v) is 10.2. The van der Waals surface area contributed by atoms with Gasteiger partial charge in [0, 0.05) is 12.6 Å². The van der Waals surface area contributed by atoms with Gasteiger partial charge in [-0.2, -0.15) is 0 Å². The van der Waals surface area contributed by atoms with Crippen molar-refractivity contribution in [2.24, 2.45) is 10.9 Å². The fourth-order valence-electron chi connectivity index (χ4n) is 1.34. The molecule has 1 rings (SSSR count). The van der Waals surface area contributed by atoms with Crippen molar-refractivity contribution in [2.45, 2.75) is 6.92 Å². The molecule has 0 radical (unpaired) electrons. The van der Waals surface area contributed by atoms with Crippen molar-refractivity contribution in [1.82, 2.24) is 4.90 Å². The van der Waals surface area contributed by atoms with Crippen LogP contribution in [-0.4, -0.2) is 35.1 Å². The van der Waals surface area contributed by atoms with Crippen molar-refractivity contribution in [3.8, 4) is 0 Å². The molecule has 0 saturated carbocycles. The minimum absolute atomic E-state index is 0.109. The molecule has 0 bridgehead atoms.